The summed E-state index contributed by atoms with van der Waals surface area (Å²) < 4.78 is 5.81. The molecular formula is C19H23NO. The van der Waals surface area contributed by atoms with E-state index in [1.807, 2.05) is 42.5 Å². The van der Waals surface area contributed by atoms with Gasteiger partial charge in [0.25, 0.3) is 0 Å². The number of rotatable bonds is 7. The Balaban J connectivity index is 2.08. The summed E-state index contributed by atoms with van der Waals surface area (Å²) in [6, 6.07) is 18.1. The van der Waals surface area contributed by atoms with Crippen LogP contribution in [-0.2, 0) is 0 Å². The molecule has 2 nitrogen and oxygen atoms in total. The number of nitrogens with zero attached hydrogens (tertiary/aromatic N) is 1. The maximum atomic E-state index is 5.81. The summed E-state index contributed by atoms with van der Waals surface area (Å²) in [6.07, 6.45) is 3.42. The number of unbranched alkanes of at least 4 members (excludes halogenated alkanes) is 1. The van der Waals surface area contributed by atoms with Crippen molar-refractivity contribution in [1.82, 2.24) is 0 Å². The van der Waals surface area contributed by atoms with Gasteiger partial charge in [-0.1, -0.05) is 31.5 Å². The minimum atomic E-state index is 0.835. The summed E-state index contributed by atoms with van der Waals surface area (Å²) in [6.45, 7) is 5.13. The molecule has 2 aromatic carbocycles. The first-order chi connectivity index (χ1) is 10.3. The molecule has 0 heterocycles. The fourth-order valence-electron chi connectivity index (χ4n) is 2.19. The van der Waals surface area contributed by atoms with Crippen LogP contribution in [0.15, 0.2) is 59.6 Å². The van der Waals surface area contributed by atoms with Gasteiger partial charge < -0.3 is 4.74 Å². The van der Waals surface area contributed by atoms with E-state index >= 15 is 0 Å². The fraction of sp³-hybridized carbons (Fsp3) is 0.316. The van der Waals surface area contributed by atoms with Gasteiger partial charge in [0.15, 0.2) is 0 Å². The predicted molar refractivity (Wildman–Crippen MR) is 89.6 cm³/mol. The van der Waals surface area contributed by atoms with Gasteiger partial charge in [-0.2, -0.15) is 0 Å². The van der Waals surface area contributed by atoms with E-state index in [2.05, 4.69) is 31.0 Å². The third-order valence-corrected chi connectivity index (χ3v) is 3.28. The maximum Gasteiger partial charge on any atom is 0.127 e. The van der Waals surface area contributed by atoms with Crippen molar-refractivity contribution in [2.24, 2.45) is 4.99 Å². The van der Waals surface area contributed by atoms with Gasteiger partial charge >= 0.3 is 0 Å². The van der Waals surface area contributed by atoms with Crippen LogP contribution in [0.1, 0.15) is 38.7 Å². The molecule has 0 saturated carbocycles. The van der Waals surface area contributed by atoms with Gasteiger partial charge in [-0.05, 0) is 61.7 Å². The number of benzene rings is 2. The third-order valence-electron chi connectivity index (χ3n) is 3.28. The monoisotopic (exact) mass is 281 g/mol. The molecule has 0 atom stereocenters. The average molecular weight is 281 g/mol. The Kier molecular flexibility index (Phi) is 6.01. The van der Waals surface area contributed by atoms with Crippen molar-refractivity contribution in [2.75, 3.05) is 6.54 Å². The second kappa shape index (κ2) is 8.25. The lowest BCUT2D eigenvalue weighted by Gasteiger charge is -2.09. The van der Waals surface area contributed by atoms with E-state index in [0.29, 0.717) is 0 Å². The molecule has 0 fully saturated rings. The van der Waals surface area contributed by atoms with Gasteiger partial charge in [0.2, 0.25) is 0 Å². The molecule has 2 heteroatoms. The lowest BCUT2D eigenvalue weighted by Crippen LogP contribution is -2.01. The van der Waals surface area contributed by atoms with Gasteiger partial charge in [-0.3, -0.25) is 4.99 Å². The fourth-order valence-corrected chi connectivity index (χ4v) is 2.19. The summed E-state index contributed by atoms with van der Waals surface area (Å²) in [5, 5.41) is 0. The summed E-state index contributed by atoms with van der Waals surface area (Å²) in [4.78, 5) is 4.62. The first-order valence-electron chi connectivity index (χ1n) is 7.70. The molecule has 0 aliphatic heterocycles. The molecule has 2 aromatic rings. The van der Waals surface area contributed by atoms with Crippen molar-refractivity contribution in [3.8, 4) is 11.5 Å². The highest BCUT2D eigenvalue weighted by Gasteiger charge is 2.04. The van der Waals surface area contributed by atoms with E-state index in [0.717, 1.165) is 24.5 Å². The number of para-hydroxylation sites is 1. The van der Waals surface area contributed by atoms with Gasteiger partial charge in [0.05, 0.1) is 0 Å². The zero-order chi connectivity index (χ0) is 14.9. The van der Waals surface area contributed by atoms with Crippen molar-refractivity contribution >= 4 is 5.71 Å². The molecule has 2 rings (SSSR count). The molecule has 0 aliphatic carbocycles. The minimum Gasteiger partial charge on any atom is -0.457 e. The average Bonchev–Trinajstić information content (AvgIpc) is 2.53. The highest BCUT2D eigenvalue weighted by Crippen LogP contribution is 2.22. The summed E-state index contributed by atoms with van der Waals surface area (Å²) in [5.74, 6) is 1.72. The van der Waals surface area contributed by atoms with Gasteiger partial charge in [-0.15, -0.1) is 0 Å². The summed E-state index contributed by atoms with van der Waals surface area (Å²) in [7, 11) is 0. The summed E-state index contributed by atoms with van der Waals surface area (Å²) >= 11 is 0. The van der Waals surface area contributed by atoms with E-state index in [1.54, 1.807) is 0 Å². The van der Waals surface area contributed by atoms with E-state index in [1.165, 1.54) is 24.1 Å². The Morgan fingerprint density at radius 2 is 1.57 bits per heavy atom. The van der Waals surface area contributed by atoms with Crippen LogP contribution in [0, 0.1) is 0 Å². The Bertz CT molecular complexity index is 558. The highest BCUT2D eigenvalue weighted by molar-refractivity contribution is 6.00. The summed E-state index contributed by atoms with van der Waals surface area (Å²) in [5.41, 5.74) is 2.40. The lowest BCUT2D eigenvalue weighted by molar-refractivity contribution is 0.482. The van der Waals surface area contributed by atoms with Crippen LogP contribution in [0.5, 0.6) is 11.5 Å². The quantitative estimate of drug-likeness (QED) is 0.616. The zero-order valence-electron chi connectivity index (χ0n) is 12.9. The maximum absolute atomic E-state index is 5.81. The van der Waals surface area contributed by atoms with Crippen LogP contribution in [0.3, 0.4) is 0 Å². The molecule has 0 bridgehead atoms. The lowest BCUT2D eigenvalue weighted by atomic mass is 10.0. The van der Waals surface area contributed by atoms with Crippen LogP contribution < -0.4 is 4.74 Å². The van der Waals surface area contributed by atoms with Gasteiger partial charge in [0.1, 0.15) is 11.5 Å². The number of hydrogen-bond donors (Lipinski definition) is 0. The predicted octanol–water partition coefficient (Wildman–Crippen LogP) is 5.48. The van der Waals surface area contributed by atoms with Crippen LogP contribution >= 0.6 is 0 Å². The van der Waals surface area contributed by atoms with Crippen LogP contribution in [0.4, 0.5) is 0 Å². The molecule has 0 aromatic heterocycles. The molecule has 0 amide bonds. The smallest absolute Gasteiger partial charge is 0.127 e. The Morgan fingerprint density at radius 1 is 0.905 bits per heavy atom. The molecule has 21 heavy (non-hydrogen) atoms. The molecule has 110 valence electrons. The molecular weight excluding hydrogens is 258 g/mol. The van der Waals surface area contributed by atoms with E-state index in [4.69, 9.17) is 4.74 Å². The molecule has 0 unspecified atom stereocenters. The van der Waals surface area contributed by atoms with Crippen LogP contribution in [-0.4, -0.2) is 12.3 Å². The molecule has 0 radical (unpaired) electrons. The second-order valence-corrected chi connectivity index (χ2v) is 4.96. The molecule has 0 saturated heterocycles. The van der Waals surface area contributed by atoms with E-state index in [9.17, 15) is 0 Å². The van der Waals surface area contributed by atoms with Gasteiger partial charge in [-0.25, -0.2) is 0 Å². The number of ether oxygens (including phenoxy) is 1. The largest absolute Gasteiger partial charge is 0.457 e. The highest BCUT2D eigenvalue weighted by atomic mass is 16.5. The van der Waals surface area contributed by atoms with Crippen molar-refractivity contribution in [1.29, 1.82) is 0 Å². The number of hydrogen-bond acceptors (Lipinski definition) is 2. The normalized spacial score (nSPS) is 11.4. The van der Waals surface area contributed by atoms with Crippen LogP contribution in [0.25, 0.3) is 0 Å². The van der Waals surface area contributed by atoms with Crippen LogP contribution in [0.2, 0.25) is 0 Å². The Labute approximate surface area is 127 Å². The SMILES string of the molecule is CCCCC(=NCC)c1ccc(Oc2ccccc2)cc1. The van der Waals surface area contributed by atoms with Crippen molar-refractivity contribution < 1.29 is 4.74 Å². The topological polar surface area (TPSA) is 21.6 Å². The second-order valence-electron chi connectivity index (χ2n) is 4.96. The van der Waals surface area contributed by atoms with E-state index in [-0.39, 0.29) is 0 Å². The standard InChI is InChI=1S/C19H23NO/c1-3-5-11-19(20-4-2)16-12-14-18(15-13-16)21-17-9-7-6-8-10-17/h6-10,12-15H,3-5,11H2,1-2H3. The van der Waals surface area contributed by atoms with Gasteiger partial charge in [0, 0.05) is 12.3 Å². The minimum absolute atomic E-state index is 0.835. The number of aliphatic imine (C=N–C) groups is 1. The Hall–Kier alpha value is -2.09. The van der Waals surface area contributed by atoms with Crippen molar-refractivity contribution in [2.45, 2.75) is 33.1 Å². The molecule has 0 aliphatic rings. The first kappa shape index (κ1) is 15.3. The van der Waals surface area contributed by atoms with E-state index < -0.39 is 0 Å². The Morgan fingerprint density at radius 3 is 2.19 bits per heavy atom. The van der Waals surface area contributed by atoms with Crippen molar-refractivity contribution in [3.63, 3.8) is 0 Å². The molecule has 0 N–H and O–H groups in total. The molecule has 0 spiro atoms. The zero-order valence-corrected chi connectivity index (χ0v) is 12.9. The first-order valence-corrected chi connectivity index (χ1v) is 7.70. The third kappa shape index (κ3) is 4.75. The van der Waals surface area contributed by atoms with Crippen molar-refractivity contribution in [3.05, 3.63) is 60.2 Å².